The molecule has 25 heavy (non-hydrogen) atoms. The molecule has 1 unspecified atom stereocenters. The monoisotopic (exact) mass is 381 g/mol. The Morgan fingerprint density at radius 2 is 1.88 bits per heavy atom. The van der Waals surface area contributed by atoms with Gasteiger partial charge in [0.25, 0.3) is 5.91 Å². The van der Waals surface area contributed by atoms with Crippen LogP contribution in [0.1, 0.15) is 15.2 Å². The number of hydrogen-bond acceptors (Lipinski definition) is 4. The third kappa shape index (κ3) is 6.49. The van der Waals surface area contributed by atoms with Crippen LogP contribution >= 0.6 is 23.7 Å². The molecule has 0 aliphatic heterocycles. The zero-order valence-corrected chi connectivity index (χ0v) is 16.0. The van der Waals surface area contributed by atoms with Crippen molar-refractivity contribution < 1.29 is 9.59 Å². The highest BCUT2D eigenvalue weighted by molar-refractivity contribution is 7.12. The lowest BCUT2D eigenvalue weighted by Gasteiger charge is -2.24. The van der Waals surface area contributed by atoms with Crippen LogP contribution in [-0.2, 0) is 11.2 Å². The molecule has 0 fully saturated rings. The third-order valence-corrected chi connectivity index (χ3v) is 4.57. The van der Waals surface area contributed by atoms with Gasteiger partial charge in [0, 0.05) is 26.6 Å². The van der Waals surface area contributed by atoms with Gasteiger partial charge in [-0.25, -0.2) is 0 Å². The molecule has 0 aliphatic rings. The summed E-state index contributed by atoms with van der Waals surface area (Å²) in [6, 6.07) is 12.7. The van der Waals surface area contributed by atoms with Crippen LogP contribution in [0.3, 0.4) is 0 Å². The number of hydrogen-bond donors (Lipinski definition) is 2. The Hall–Kier alpha value is -1.89. The van der Waals surface area contributed by atoms with Crippen molar-refractivity contribution in [3.05, 3.63) is 58.3 Å². The first-order valence-electron chi connectivity index (χ1n) is 7.89. The fourth-order valence-electron chi connectivity index (χ4n) is 2.34. The number of likely N-dealkylation sites (N-methyl/N-ethyl adjacent to an activating group) is 2. The number of carbonyl (C=O) groups is 2. The molecule has 2 aromatic rings. The molecule has 1 atom stereocenters. The summed E-state index contributed by atoms with van der Waals surface area (Å²) < 4.78 is 0. The van der Waals surface area contributed by atoms with Crippen molar-refractivity contribution in [1.82, 2.24) is 15.5 Å². The number of nitrogens with one attached hydrogen (secondary N) is 2. The van der Waals surface area contributed by atoms with Crippen molar-refractivity contribution in [2.45, 2.75) is 12.5 Å². The van der Waals surface area contributed by atoms with Crippen molar-refractivity contribution in [2.75, 3.05) is 27.2 Å². The lowest BCUT2D eigenvalue weighted by molar-refractivity contribution is -0.131. The Balaban J connectivity index is 0.00000312. The van der Waals surface area contributed by atoms with Crippen molar-refractivity contribution in [3.63, 3.8) is 0 Å². The summed E-state index contributed by atoms with van der Waals surface area (Å²) in [5, 5.41) is 7.76. The first-order valence-corrected chi connectivity index (χ1v) is 8.77. The highest BCUT2D eigenvalue weighted by Crippen LogP contribution is 2.11. The predicted octanol–water partition coefficient (Wildman–Crippen LogP) is 2.19. The Labute approximate surface area is 158 Å². The van der Waals surface area contributed by atoms with Gasteiger partial charge >= 0.3 is 0 Å². The van der Waals surface area contributed by atoms with Gasteiger partial charge in [-0.3, -0.25) is 9.59 Å². The van der Waals surface area contributed by atoms with E-state index in [2.05, 4.69) is 10.6 Å². The predicted molar refractivity (Wildman–Crippen MR) is 105 cm³/mol. The maximum absolute atomic E-state index is 12.7. The quantitative estimate of drug-likeness (QED) is 0.736. The van der Waals surface area contributed by atoms with Crippen molar-refractivity contribution in [1.29, 1.82) is 0 Å². The minimum absolute atomic E-state index is 0. The maximum Gasteiger partial charge on any atom is 0.262 e. The molecular formula is C18H24ClN3O2S. The molecule has 0 radical (unpaired) electrons. The molecule has 1 heterocycles. The minimum Gasteiger partial charge on any atom is -0.343 e. The van der Waals surface area contributed by atoms with Crippen molar-refractivity contribution in [3.8, 4) is 0 Å². The molecule has 0 bridgehead atoms. The molecule has 136 valence electrons. The third-order valence-electron chi connectivity index (χ3n) is 3.70. The number of nitrogens with zero attached hydrogens (tertiary/aromatic N) is 1. The molecule has 2 rings (SSSR count). The lowest BCUT2D eigenvalue weighted by atomic mass is 10.0. The largest absolute Gasteiger partial charge is 0.343 e. The van der Waals surface area contributed by atoms with E-state index in [1.165, 1.54) is 11.3 Å². The molecule has 2 N–H and O–H groups in total. The number of benzene rings is 1. The Morgan fingerprint density at radius 1 is 1.16 bits per heavy atom. The number of amides is 2. The second-order valence-corrected chi connectivity index (χ2v) is 6.50. The first kappa shape index (κ1) is 21.2. The van der Waals surface area contributed by atoms with Crippen LogP contribution in [0, 0.1) is 0 Å². The summed E-state index contributed by atoms with van der Waals surface area (Å²) in [5.74, 6) is -0.291. The maximum atomic E-state index is 12.7. The highest BCUT2D eigenvalue weighted by atomic mass is 35.5. The van der Waals surface area contributed by atoms with Gasteiger partial charge in [0.1, 0.15) is 6.04 Å². The number of carbonyl (C=O) groups excluding carboxylic acids is 2. The standard InChI is InChI=1S/C18H23N3O2S.ClH/c1-19-10-11-21(2)18(23)15(13-14-7-4-3-5-8-14)20-17(22)16-9-6-12-24-16;/h3-9,12,15,19H,10-11,13H2,1-2H3,(H,20,22);1H. The molecule has 0 spiro atoms. The van der Waals surface area contributed by atoms with Crippen molar-refractivity contribution in [2.24, 2.45) is 0 Å². The zero-order valence-electron chi connectivity index (χ0n) is 14.4. The van der Waals surface area contributed by atoms with Crippen LogP contribution in [0.4, 0.5) is 0 Å². The van der Waals surface area contributed by atoms with E-state index in [0.717, 1.165) is 5.56 Å². The van der Waals surface area contributed by atoms with E-state index < -0.39 is 6.04 Å². The molecular weight excluding hydrogens is 358 g/mol. The molecule has 7 heteroatoms. The smallest absolute Gasteiger partial charge is 0.262 e. The lowest BCUT2D eigenvalue weighted by Crippen LogP contribution is -2.49. The van der Waals surface area contributed by atoms with Crippen LogP contribution in [0.15, 0.2) is 47.8 Å². The van der Waals surface area contributed by atoms with Crippen LogP contribution in [0.5, 0.6) is 0 Å². The van der Waals surface area contributed by atoms with Gasteiger partial charge in [0.15, 0.2) is 0 Å². The fourth-order valence-corrected chi connectivity index (χ4v) is 2.97. The van der Waals surface area contributed by atoms with Gasteiger partial charge in [-0.1, -0.05) is 36.4 Å². The van der Waals surface area contributed by atoms with Gasteiger partial charge in [0.2, 0.25) is 5.91 Å². The van der Waals surface area contributed by atoms with Crippen LogP contribution in [0.2, 0.25) is 0 Å². The van der Waals surface area contributed by atoms with Gasteiger partial charge < -0.3 is 15.5 Å². The summed E-state index contributed by atoms with van der Waals surface area (Å²) in [6.45, 7) is 1.30. The van der Waals surface area contributed by atoms with Gasteiger partial charge in [-0.05, 0) is 24.1 Å². The molecule has 5 nitrogen and oxygen atoms in total. The van der Waals surface area contributed by atoms with E-state index in [4.69, 9.17) is 0 Å². The number of thiophene rings is 1. The average Bonchev–Trinajstić information content (AvgIpc) is 3.14. The summed E-state index contributed by atoms with van der Waals surface area (Å²) in [5.41, 5.74) is 1.02. The average molecular weight is 382 g/mol. The van der Waals surface area contributed by atoms with Crippen LogP contribution < -0.4 is 10.6 Å². The van der Waals surface area contributed by atoms with E-state index in [1.54, 1.807) is 18.0 Å². The van der Waals surface area contributed by atoms with Gasteiger partial charge in [-0.15, -0.1) is 23.7 Å². The van der Waals surface area contributed by atoms with Crippen LogP contribution in [-0.4, -0.2) is 49.9 Å². The van der Waals surface area contributed by atoms with E-state index in [1.807, 2.05) is 48.8 Å². The summed E-state index contributed by atoms with van der Waals surface area (Å²) >= 11 is 1.37. The summed E-state index contributed by atoms with van der Waals surface area (Å²) in [7, 11) is 3.60. The zero-order chi connectivity index (χ0) is 17.4. The van der Waals surface area contributed by atoms with Crippen molar-refractivity contribution >= 4 is 35.6 Å². The van der Waals surface area contributed by atoms with Gasteiger partial charge in [-0.2, -0.15) is 0 Å². The Morgan fingerprint density at radius 3 is 2.48 bits per heavy atom. The highest BCUT2D eigenvalue weighted by Gasteiger charge is 2.24. The molecule has 0 aliphatic carbocycles. The molecule has 0 saturated carbocycles. The van der Waals surface area contributed by atoms with Crippen LogP contribution in [0.25, 0.3) is 0 Å². The first-order chi connectivity index (χ1) is 11.6. The molecule has 1 aromatic heterocycles. The topological polar surface area (TPSA) is 61.4 Å². The minimum atomic E-state index is -0.580. The number of rotatable bonds is 8. The van der Waals surface area contributed by atoms with E-state index >= 15 is 0 Å². The molecule has 2 amide bonds. The summed E-state index contributed by atoms with van der Waals surface area (Å²) in [6.07, 6.45) is 0.473. The SMILES string of the molecule is CNCCN(C)C(=O)C(Cc1ccccc1)NC(=O)c1cccs1.Cl. The second kappa shape index (κ2) is 10.9. The van der Waals surface area contributed by atoms with E-state index in [-0.39, 0.29) is 24.2 Å². The van der Waals surface area contributed by atoms with E-state index in [0.29, 0.717) is 24.4 Å². The molecule has 1 aromatic carbocycles. The molecule has 0 saturated heterocycles. The van der Waals surface area contributed by atoms with Gasteiger partial charge in [0.05, 0.1) is 4.88 Å². The number of halogens is 1. The van der Waals surface area contributed by atoms with E-state index in [9.17, 15) is 9.59 Å². The Kier molecular flexibility index (Phi) is 9.20. The summed E-state index contributed by atoms with van der Waals surface area (Å²) in [4.78, 5) is 27.4. The Bertz CT molecular complexity index is 650. The normalized spacial score (nSPS) is 11.3. The fraction of sp³-hybridized carbons (Fsp3) is 0.333. The second-order valence-electron chi connectivity index (χ2n) is 5.56.